The van der Waals surface area contributed by atoms with Gasteiger partial charge < -0.3 is 14.9 Å². The van der Waals surface area contributed by atoms with E-state index in [9.17, 15) is 18.9 Å². The summed E-state index contributed by atoms with van der Waals surface area (Å²) >= 11 is 5.48. The molecule has 1 rings (SSSR count). The van der Waals surface area contributed by atoms with Gasteiger partial charge >= 0.3 is 12.2 Å². The molecule has 5 nitrogen and oxygen atoms in total. The Kier molecular flexibility index (Phi) is 3.94. The first-order valence-corrected chi connectivity index (χ1v) is 4.61. The zero-order chi connectivity index (χ0) is 12.3. The summed E-state index contributed by atoms with van der Waals surface area (Å²) in [6.45, 7) is 0. The molecule has 0 aliphatic rings. The molecule has 0 spiro atoms. The predicted molar refractivity (Wildman–Crippen MR) is 52.0 cm³/mol. The highest BCUT2D eigenvalue weighted by Gasteiger charge is 2.26. The van der Waals surface area contributed by atoms with Crippen LogP contribution in [0.2, 0.25) is 0 Å². The van der Waals surface area contributed by atoms with Crippen LogP contribution in [0.15, 0.2) is 6.07 Å². The smallest absolute Gasteiger partial charge is 0.372 e. The fourth-order valence-electron chi connectivity index (χ4n) is 1.12. The fraction of sp³-hybridized carbons (Fsp3) is 0.375. The molecule has 16 heavy (non-hydrogen) atoms. The lowest BCUT2D eigenvalue weighted by atomic mass is 10.2. The molecule has 0 amide bonds. The Hall–Kier alpha value is -1.50. The van der Waals surface area contributed by atoms with E-state index < -0.39 is 22.9 Å². The Labute approximate surface area is 94.1 Å². The number of nitrogens with zero attached hydrogens (tertiary/aromatic N) is 2. The van der Waals surface area contributed by atoms with Gasteiger partial charge in [-0.15, -0.1) is 11.6 Å². The summed E-state index contributed by atoms with van der Waals surface area (Å²) in [6, 6.07) is 0.940. The highest BCUT2D eigenvalue weighted by Crippen LogP contribution is 2.32. The molecule has 0 aliphatic carbocycles. The molecule has 0 aliphatic heterocycles. The van der Waals surface area contributed by atoms with Gasteiger partial charge in [-0.05, 0) is 9.91 Å². The summed E-state index contributed by atoms with van der Waals surface area (Å²) < 4.78 is 29.5. The van der Waals surface area contributed by atoms with Crippen LogP contribution in [-0.4, -0.2) is 17.0 Å². The minimum Gasteiger partial charge on any atom is -0.496 e. The van der Waals surface area contributed by atoms with Gasteiger partial charge in [0.1, 0.15) is 11.3 Å². The van der Waals surface area contributed by atoms with Crippen molar-refractivity contribution >= 4 is 17.4 Å². The number of aromatic nitrogens is 1. The first-order valence-electron chi connectivity index (χ1n) is 4.07. The van der Waals surface area contributed by atoms with Crippen molar-refractivity contribution in [1.29, 1.82) is 0 Å². The molecule has 0 radical (unpaired) electrons. The van der Waals surface area contributed by atoms with E-state index in [0.29, 0.717) is 0 Å². The fourth-order valence-corrected chi connectivity index (χ4v) is 1.38. The van der Waals surface area contributed by atoms with E-state index in [0.717, 1.165) is 6.07 Å². The second-order valence-corrected chi connectivity index (χ2v) is 3.01. The second-order valence-electron chi connectivity index (χ2n) is 2.74. The van der Waals surface area contributed by atoms with Crippen LogP contribution in [0.4, 0.5) is 14.6 Å². The van der Waals surface area contributed by atoms with Crippen molar-refractivity contribution in [1.82, 2.24) is 4.98 Å². The largest absolute Gasteiger partial charge is 0.496 e. The van der Waals surface area contributed by atoms with Crippen LogP contribution >= 0.6 is 11.6 Å². The molecule has 0 saturated carbocycles. The van der Waals surface area contributed by atoms with E-state index in [4.69, 9.17) is 16.3 Å². The lowest BCUT2D eigenvalue weighted by Crippen LogP contribution is -2.03. The van der Waals surface area contributed by atoms with Gasteiger partial charge in [-0.1, -0.05) is 0 Å². The van der Waals surface area contributed by atoms with E-state index in [1.54, 1.807) is 0 Å². The third-order valence-electron chi connectivity index (χ3n) is 1.83. The van der Waals surface area contributed by atoms with E-state index in [1.807, 2.05) is 0 Å². The maximum absolute atomic E-state index is 12.4. The zero-order valence-corrected chi connectivity index (χ0v) is 8.87. The standard InChI is InChI=1S/C8H7ClF2N2O3/c1-16-6-2-5(7(10)11)12-8(13(14)15)4(6)3-9/h2,7H,3H2,1H3. The number of ether oxygens (including phenoxy) is 1. The highest BCUT2D eigenvalue weighted by atomic mass is 35.5. The van der Waals surface area contributed by atoms with Crippen molar-refractivity contribution in [3.05, 3.63) is 27.4 Å². The highest BCUT2D eigenvalue weighted by molar-refractivity contribution is 6.17. The number of halogens is 3. The Bertz CT molecular complexity index is 415. The number of pyridine rings is 1. The van der Waals surface area contributed by atoms with Crippen LogP contribution in [0.25, 0.3) is 0 Å². The molecule has 1 aromatic rings. The Morgan fingerprint density at radius 3 is 2.69 bits per heavy atom. The van der Waals surface area contributed by atoms with Crippen LogP contribution < -0.4 is 4.74 Å². The van der Waals surface area contributed by atoms with E-state index in [-0.39, 0.29) is 17.2 Å². The van der Waals surface area contributed by atoms with Crippen LogP contribution in [-0.2, 0) is 5.88 Å². The van der Waals surface area contributed by atoms with Crippen LogP contribution in [0.5, 0.6) is 5.75 Å². The minimum atomic E-state index is -2.91. The van der Waals surface area contributed by atoms with Gasteiger partial charge in [0.05, 0.1) is 13.0 Å². The molecule has 0 bridgehead atoms. The number of methoxy groups -OCH3 is 1. The maximum atomic E-state index is 12.4. The maximum Gasteiger partial charge on any atom is 0.372 e. The quantitative estimate of drug-likeness (QED) is 0.469. The summed E-state index contributed by atoms with van der Waals surface area (Å²) in [7, 11) is 1.21. The van der Waals surface area contributed by atoms with Gasteiger partial charge in [0.15, 0.2) is 0 Å². The summed E-state index contributed by atoms with van der Waals surface area (Å²) in [5.41, 5.74) is -0.726. The van der Waals surface area contributed by atoms with Gasteiger partial charge in [0.25, 0.3) is 0 Å². The molecule has 0 atom stereocenters. The van der Waals surface area contributed by atoms with Gasteiger partial charge in [-0.3, -0.25) is 0 Å². The minimum absolute atomic E-state index is 0.0152. The van der Waals surface area contributed by atoms with Crippen molar-refractivity contribution < 1.29 is 18.4 Å². The lowest BCUT2D eigenvalue weighted by molar-refractivity contribution is -0.390. The number of rotatable bonds is 4. The van der Waals surface area contributed by atoms with Crippen LogP contribution in [0, 0.1) is 10.1 Å². The molecule has 88 valence electrons. The lowest BCUT2D eigenvalue weighted by Gasteiger charge is -2.06. The van der Waals surface area contributed by atoms with Gasteiger partial charge in [-0.25, -0.2) is 8.78 Å². The summed E-state index contributed by atoms with van der Waals surface area (Å²) in [4.78, 5) is 13.0. The molecule has 0 fully saturated rings. The second kappa shape index (κ2) is 5.02. The number of alkyl halides is 3. The molecular weight excluding hydrogens is 246 g/mol. The number of hydrogen-bond acceptors (Lipinski definition) is 4. The Balaban J connectivity index is 3.43. The normalized spacial score (nSPS) is 10.6. The topological polar surface area (TPSA) is 65.3 Å². The van der Waals surface area contributed by atoms with E-state index in [2.05, 4.69) is 4.98 Å². The summed E-state index contributed by atoms with van der Waals surface area (Å²) in [5.74, 6) is -1.01. The van der Waals surface area contributed by atoms with Crippen LogP contribution in [0.1, 0.15) is 17.7 Å². The third-order valence-corrected chi connectivity index (χ3v) is 2.10. The predicted octanol–water partition coefficient (Wildman–Crippen LogP) is 2.67. The monoisotopic (exact) mass is 252 g/mol. The third kappa shape index (κ3) is 2.35. The molecule has 1 aromatic heterocycles. The van der Waals surface area contributed by atoms with E-state index in [1.165, 1.54) is 7.11 Å². The molecule has 8 heteroatoms. The molecule has 0 N–H and O–H groups in total. The molecule has 1 heterocycles. The molecular formula is C8H7ClF2N2O3. The SMILES string of the molecule is COc1cc(C(F)F)nc([N+](=O)[O-])c1CCl. The number of nitro groups is 1. The van der Waals surface area contributed by atoms with Gasteiger partial charge in [0, 0.05) is 6.07 Å². The average Bonchev–Trinajstić information content (AvgIpc) is 2.26. The summed E-state index contributed by atoms with van der Waals surface area (Å²) in [6.07, 6.45) is -2.91. The first kappa shape index (κ1) is 12.6. The van der Waals surface area contributed by atoms with Crippen molar-refractivity contribution in [3.63, 3.8) is 0 Å². The first-order chi connectivity index (χ1) is 7.51. The Morgan fingerprint density at radius 2 is 2.31 bits per heavy atom. The van der Waals surface area contributed by atoms with E-state index >= 15 is 0 Å². The van der Waals surface area contributed by atoms with Crippen molar-refractivity contribution in [2.45, 2.75) is 12.3 Å². The van der Waals surface area contributed by atoms with Gasteiger partial charge in [-0.2, -0.15) is 0 Å². The van der Waals surface area contributed by atoms with Crippen molar-refractivity contribution in [3.8, 4) is 5.75 Å². The zero-order valence-electron chi connectivity index (χ0n) is 8.11. The Morgan fingerprint density at radius 1 is 1.69 bits per heavy atom. The molecule has 0 saturated heterocycles. The average molecular weight is 253 g/mol. The summed E-state index contributed by atoms with van der Waals surface area (Å²) in [5, 5.41) is 10.6. The van der Waals surface area contributed by atoms with Crippen molar-refractivity contribution in [2.75, 3.05) is 7.11 Å². The van der Waals surface area contributed by atoms with Gasteiger partial charge in [0.2, 0.25) is 5.69 Å². The number of hydrogen-bond donors (Lipinski definition) is 0. The van der Waals surface area contributed by atoms with Crippen LogP contribution in [0.3, 0.4) is 0 Å². The molecule has 0 aromatic carbocycles. The van der Waals surface area contributed by atoms with Crippen molar-refractivity contribution in [2.24, 2.45) is 0 Å². The molecule has 0 unspecified atom stereocenters.